The topological polar surface area (TPSA) is 63.8 Å². The van der Waals surface area contributed by atoms with Crippen LogP contribution in [-0.2, 0) is 0 Å². The smallest absolute Gasteiger partial charge is 0.161 e. The fourth-order valence-corrected chi connectivity index (χ4v) is 2.52. The molecule has 19 heavy (non-hydrogen) atoms. The Bertz CT molecular complexity index is 626. The van der Waals surface area contributed by atoms with Gasteiger partial charge >= 0.3 is 0 Å². The molecule has 0 amide bonds. The van der Waals surface area contributed by atoms with Gasteiger partial charge in [0.1, 0.15) is 5.82 Å². The second-order valence-electron chi connectivity index (χ2n) is 4.55. The van der Waals surface area contributed by atoms with E-state index >= 15 is 0 Å². The van der Waals surface area contributed by atoms with Gasteiger partial charge in [0.15, 0.2) is 5.82 Å². The molecule has 1 aliphatic carbocycles. The maximum absolute atomic E-state index is 5.48. The number of hydrogen-bond acceptors (Lipinski definition) is 4. The van der Waals surface area contributed by atoms with Crippen LogP contribution in [-0.4, -0.2) is 9.97 Å². The highest BCUT2D eigenvalue weighted by atomic mass is 79.9. The van der Waals surface area contributed by atoms with Crippen molar-refractivity contribution in [3.8, 4) is 11.4 Å². The van der Waals surface area contributed by atoms with Crippen molar-refractivity contribution < 1.29 is 0 Å². The number of nitrogen functional groups attached to an aromatic ring is 1. The lowest BCUT2D eigenvalue weighted by atomic mass is 10.2. The Kier molecular flexibility index (Phi) is 3.56. The summed E-state index contributed by atoms with van der Waals surface area (Å²) >= 11 is 6.95. The molecule has 3 rings (SSSR count). The van der Waals surface area contributed by atoms with E-state index in [2.05, 4.69) is 47.3 Å². The van der Waals surface area contributed by atoms with Crippen molar-refractivity contribution >= 4 is 37.7 Å². The third-order valence-electron chi connectivity index (χ3n) is 3.07. The second-order valence-corrected chi connectivity index (χ2v) is 6.26. The van der Waals surface area contributed by atoms with Crippen LogP contribution in [0.3, 0.4) is 0 Å². The Morgan fingerprint density at radius 1 is 1.11 bits per heavy atom. The van der Waals surface area contributed by atoms with Gasteiger partial charge in [0.25, 0.3) is 0 Å². The number of halogens is 2. The predicted octanol–water partition coefficient (Wildman–Crippen LogP) is 3.83. The fraction of sp³-hybridized carbons (Fsp3) is 0.231. The first-order valence-corrected chi connectivity index (χ1v) is 7.57. The van der Waals surface area contributed by atoms with Crippen molar-refractivity contribution in [2.75, 3.05) is 5.43 Å². The van der Waals surface area contributed by atoms with E-state index in [0.717, 1.165) is 20.2 Å². The summed E-state index contributed by atoms with van der Waals surface area (Å²) in [6.45, 7) is 0. The van der Waals surface area contributed by atoms with Crippen LogP contribution < -0.4 is 11.3 Å². The molecule has 0 spiro atoms. The van der Waals surface area contributed by atoms with Crippen molar-refractivity contribution in [1.82, 2.24) is 9.97 Å². The summed E-state index contributed by atoms with van der Waals surface area (Å²) in [5.74, 6) is 7.40. The Morgan fingerprint density at radius 2 is 1.89 bits per heavy atom. The van der Waals surface area contributed by atoms with Crippen LogP contribution in [0.4, 0.5) is 5.82 Å². The summed E-state index contributed by atoms with van der Waals surface area (Å²) in [4.78, 5) is 9.06. The lowest BCUT2D eigenvalue weighted by molar-refractivity contribution is 0.991. The minimum absolute atomic E-state index is 0.563. The molecule has 6 heteroatoms. The van der Waals surface area contributed by atoms with Crippen molar-refractivity contribution in [2.45, 2.75) is 18.8 Å². The number of aromatic nitrogens is 2. The van der Waals surface area contributed by atoms with E-state index in [-0.39, 0.29) is 0 Å². The normalized spacial score (nSPS) is 14.5. The Balaban J connectivity index is 2.07. The number of nitrogens with two attached hydrogens (primary N) is 1. The van der Waals surface area contributed by atoms with Gasteiger partial charge in [0, 0.05) is 32.2 Å². The van der Waals surface area contributed by atoms with Crippen LogP contribution in [0, 0.1) is 0 Å². The highest BCUT2D eigenvalue weighted by molar-refractivity contribution is 9.13. The standard InChI is InChI=1S/C13H12Br2N4/c14-9-4-3-8(5-10(9)15)13-17-11(7-1-2-7)6-12(18-13)19-16/h3-7H,1-2,16H2,(H,17,18,19). The number of hydrazine groups is 1. The first kappa shape index (κ1) is 13.0. The zero-order valence-electron chi connectivity index (χ0n) is 10.0. The molecule has 1 heterocycles. The number of nitrogens with one attached hydrogen (secondary N) is 1. The molecule has 0 saturated heterocycles. The maximum atomic E-state index is 5.48. The molecule has 1 fully saturated rings. The number of anilines is 1. The summed E-state index contributed by atoms with van der Waals surface area (Å²) in [5.41, 5.74) is 4.65. The van der Waals surface area contributed by atoms with E-state index in [0.29, 0.717) is 17.6 Å². The lowest BCUT2D eigenvalue weighted by Crippen LogP contribution is -2.10. The third kappa shape index (κ3) is 2.80. The summed E-state index contributed by atoms with van der Waals surface area (Å²) in [6, 6.07) is 7.88. The molecule has 1 aromatic heterocycles. The van der Waals surface area contributed by atoms with Gasteiger partial charge in [-0.15, -0.1) is 0 Å². The van der Waals surface area contributed by atoms with E-state index in [1.165, 1.54) is 12.8 Å². The van der Waals surface area contributed by atoms with Crippen molar-refractivity contribution in [2.24, 2.45) is 5.84 Å². The van der Waals surface area contributed by atoms with Crippen LogP contribution in [0.5, 0.6) is 0 Å². The van der Waals surface area contributed by atoms with Crippen molar-refractivity contribution in [1.29, 1.82) is 0 Å². The number of hydrogen-bond donors (Lipinski definition) is 2. The molecule has 0 aliphatic heterocycles. The van der Waals surface area contributed by atoms with Gasteiger partial charge in [0.05, 0.1) is 0 Å². The Hall–Kier alpha value is -0.980. The molecule has 0 unspecified atom stereocenters. The number of rotatable bonds is 3. The maximum Gasteiger partial charge on any atom is 0.161 e. The van der Waals surface area contributed by atoms with E-state index < -0.39 is 0 Å². The van der Waals surface area contributed by atoms with Gasteiger partial charge in [-0.3, -0.25) is 0 Å². The first-order valence-electron chi connectivity index (χ1n) is 5.98. The van der Waals surface area contributed by atoms with Crippen molar-refractivity contribution in [3.05, 3.63) is 38.9 Å². The average molecular weight is 384 g/mol. The molecular formula is C13H12Br2N4. The molecule has 2 aromatic rings. The van der Waals surface area contributed by atoms with Crippen LogP contribution >= 0.6 is 31.9 Å². The van der Waals surface area contributed by atoms with Crippen LogP contribution in [0.25, 0.3) is 11.4 Å². The Labute approximate surface area is 128 Å². The van der Waals surface area contributed by atoms with Gasteiger partial charge in [-0.2, -0.15) is 0 Å². The molecule has 1 aliphatic rings. The molecule has 0 atom stereocenters. The van der Waals surface area contributed by atoms with Crippen LogP contribution in [0.15, 0.2) is 33.2 Å². The van der Waals surface area contributed by atoms with E-state index in [1.807, 2.05) is 24.3 Å². The molecule has 3 N–H and O–H groups in total. The Morgan fingerprint density at radius 3 is 2.53 bits per heavy atom. The molecule has 1 saturated carbocycles. The van der Waals surface area contributed by atoms with E-state index in [4.69, 9.17) is 5.84 Å². The third-order valence-corrected chi connectivity index (χ3v) is 4.95. The average Bonchev–Trinajstić information content (AvgIpc) is 3.26. The summed E-state index contributed by atoms with van der Waals surface area (Å²) in [6.07, 6.45) is 2.40. The molecule has 4 nitrogen and oxygen atoms in total. The summed E-state index contributed by atoms with van der Waals surface area (Å²) in [5, 5.41) is 0. The molecule has 0 radical (unpaired) electrons. The summed E-state index contributed by atoms with van der Waals surface area (Å²) < 4.78 is 1.99. The minimum atomic E-state index is 0.563. The van der Waals surface area contributed by atoms with Gasteiger partial charge in [-0.05, 0) is 62.9 Å². The molecule has 1 aromatic carbocycles. The monoisotopic (exact) mass is 382 g/mol. The lowest BCUT2D eigenvalue weighted by Gasteiger charge is -2.08. The SMILES string of the molecule is NNc1cc(C2CC2)nc(-c2ccc(Br)c(Br)c2)n1. The predicted molar refractivity (Wildman–Crippen MR) is 82.7 cm³/mol. The van der Waals surface area contributed by atoms with Gasteiger partial charge < -0.3 is 5.43 Å². The zero-order chi connectivity index (χ0) is 13.4. The first-order chi connectivity index (χ1) is 9.17. The molecular weight excluding hydrogens is 372 g/mol. The highest BCUT2D eigenvalue weighted by Crippen LogP contribution is 2.40. The quantitative estimate of drug-likeness (QED) is 0.624. The van der Waals surface area contributed by atoms with Crippen LogP contribution in [0.1, 0.15) is 24.5 Å². The second kappa shape index (κ2) is 5.19. The molecule has 0 bridgehead atoms. The van der Waals surface area contributed by atoms with E-state index in [1.54, 1.807) is 0 Å². The van der Waals surface area contributed by atoms with Gasteiger partial charge in [-0.1, -0.05) is 0 Å². The largest absolute Gasteiger partial charge is 0.308 e. The zero-order valence-corrected chi connectivity index (χ0v) is 13.2. The van der Waals surface area contributed by atoms with Crippen molar-refractivity contribution in [3.63, 3.8) is 0 Å². The minimum Gasteiger partial charge on any atom is -0.308 e. The van der Waals surface area contributed by atoms with E-state index in [9.17, 15) is 0 Å². The summed E-state index contributed by atoms with van der Waals surface area (Å²) in [7, 11) is 0. The van der Waals surface area contributed by atoms with Crippen LogP contribution in [0.2, 0.25) is 0 Å². The number of nitrogens with zero attached hydrogens (tertiary/aromatic N) is 2. The molecule has 98 valence electrons. The fourth-order valence-electron chi connectivity index (χ4n) is 1.89. The van der Waals surface area contributed by atoms with Gasteiger partial charge in [0.2, 0.25) is 0 Å². The van der Waals surface area contributed by atoms with Gasteiger partial charge in [-0.25, -0.2) is 15.8 Å². The highest BCUT2D eigenvalue weighted by Gasteiger charge is 2.26. The number of benzene rings is 1.